The molecule has 0 saturated carbocycles. The summed E-state index contributed by atoms with van der Waals surface area (Å²) in [5, 5.41) is 7.44. The normalized spacial score (nSPS) is 18.2. The predicted molar refractivity (Wildman–Crippen MR) is 103 cm³/mol. The van der Waals surface area contributed by atoms with Crippen molar-refractivity contribution in [3.63, 3.8) is 0 Å². The van der Waals surface area contributed by atoms with E-state index in [4.69, 9.17) is 9.26 Å². The second-order valence-corrected chi connectivity index (χ2v) is 5.79. The topological polar surface area (TPSA) is 62.9 Å². The minimum Gasteiger partial charge on any atom is -0.381 e. The Morgan fingerprint density at radius 2 is 2.26 bits per heavy atom. The Morgan fingerprint density at radius 3 is 2.87 bits per heavy atom. The molecule has 1 aliphatic heterocycles. The van der Waals surface area contributed by atoms with E-state index in [0.29, 0.717) is 5.92 Å². The second kappa shape index (κ2) is 10.1. The number of hydrogen-bond acceptors (Lipinski definition) is 4. The van der Waals surface area contributed by atoms with Crippen molar-refractivity contribution in [2.45, 2.75) is 33.6 Å². The average molecular weight is 436 g/mol. The SMILES string of the molecule is CCOCC1CCN(C(=NC)NCCc2c(C)noc2C)C1.I. The third-order valence-corrected chi connectivity index (χ3v) is 4.19. The number of hydrogen-bond donors (Lipinski definition) is 1. The van der Waals surface area contributed by atoms with Gasteiger partial charge in [-0.05, 0) is 33.6 Å². The Bertz CT molecular complexity index is 485. The molecule has 2 heterocycles. The van der Waals surface area contributed by atoms with E-state index in [1.165, 1.54) is 12.0 Å². The van der Waals surface area contributed by atoms with Gasteiger partial charge in [-0.1, -0.05) is 5.16 Å². The molecule has 1 aromatic heterocycles. The molecule has 0 spiro atoms. The molecular weight excluding hydrogens is 407 g/mol. The first-order valence-electron chi connectivity index (χ1n) is 8.10. The first-order valence-corrected chi connectivity index (χ1v) is 8.10. The monoisotopic (exact) mass is 436 g/mol. The molecule has 1 fully saturated rings. The molecule has 0 amide bonds. The fourth-order valence-corrected chi connectivity index (χ4v) is 2.94. The van der Waals surface area contributed by atoms with Crippen LogP contribution in [0.5, 0.6) is 0 Å². The summed E-state index contributed by atoms with van der Waals surface area (Å²) in [6.45, 7) is 10.5. The number of likely N-dealkylation sites (tertiary alicyclic amines) is 1. The molecular formula is C16H29IN4O2. The van der Waals surface area contributed by atoms with Crippen LogP contribution in [-0.2, 0) is 11.2 Å². The minimum atomic E-state index is 0. The lowest BCUT2D eigenvalue weighted by atomic mass is 10.1. The van der Waals surface area contributed by atoms with Crippen molar-refractivity contribution in [1.29, 1.82) is 0 Å². The van der Waals surface area contributed by atoms with Gasteiger partial charge in [-0.15, -0.1) is 24.0 Å². The van der Waals surface area contributed by atoms with Crippen LogP contribution in [0.15, 0.2) is 9.52 Å². The van der Waals surface area contributed by atoms with E-state index < -0.39 is 0 Å². The standard InChI is InChI=1S/C16H28N4O2.HI/c1-5-21-11-14-7-9-20(10-14)16(17-4)18-8-6-15-12(2)19-22-13(15)3;/h14H,5-11H2,1-4H3,(H,17,18);1H. The van der Waals surface area contributed by atoms with Crippen molar-refractivity contribution in [3.8, 4) is 0 Å². The molecule has 1 N–H and O–H groups in total. The Balaban J connectivity index is 0.00000264. The molecule has 132 valence electrons. The van der Waals surface area contributed by atoms with E-state index in [-0.39, 0.29) is 24.0 Å². The van der Waals surface area contributed by atoms with Gasteiger partial charge in [-0.3, -0.25) is 4.99 Å². The van der Waals surface area contributed by atoms with Crippen molar-refractivity contribution in [2.24, 2.45) is 10.9 Å². The second-order valence-electron chi connectivity index (χ2n) is 5.79. The van der Waals surface area contributed by atoms with Crippen LogP contribution in [0.2, 0.25) is 0 Å². The Morgan fingerprint density at radius 1 is 1.48 bits per heavy atom. The summed E-state index contributed by atoms with van der Waals surface area (Å²) < 4.78 is 10.7. The summed E-state index contributed by atoms with van der Waals surface area (Å²) >= 11 is 0. The number of guanidine groups is 1. The number of ether oxygens (including phenoxy) is 1. The molecule has 23 heavy (non-hydrogen) atoms. The Kier molecular flexibility index (Phi) is 8.90. The molecule has 7 heteroatoms. The van der Waals surface area contributed by atoms with Crippen LogP contribution in [0.4, 0.5) is 0 Å². The lowest BCUT2D eigenvalue weighted by Gasteiger charge is -2.21. The maximum atomic E-state index is 5.53. The van der Waals surface area contributed by atoms with Crippen LogP contribution in [0.3, 0.4) is 0 Å². The fraction of sp³-hybridized carbons (Fsp3) is 0.750. The fourth-order valence-electron chi connectivity index (χ4n) is 2.94. The van der Waals surface area contributed by atoms with Crippen LogP contribution in [0, 0.1) is 19.8 Å². The number of aromatic nitrogens is 1. The first-order chi connectivity index (χ1) is 10.7. The number of aryl methyl sites for hydroxylation is 2. The number of nitrogens with one attached hydrogen (secondary N) is 1. The van der Waals surface area contributed by atoms with E-state index >= 15 is 0 Å². The predicted octanol–water partition coefficient (Wildman–Crippen LogP) is 2.39. The van der Waals surface area contributed by atoms with Crippen LogP contribution >= 0.6 is 24.0 Å². The van der Waals surface area contributed by atoms with Gasteiger partial charge in [0.25, 0.3) is 0 Å². The van der Waals surface area contributed by atoms with Crippen molar-refractivity contribution in [1.82, 2.24) is 15.4 Å². The van der Waals surface area contributed by atoms with Crippen LogP contribution in [0.1, 0.15) is 30.4 Å². The zero-order valence-corrected chi connectivity index (χ0v) is 16.9. The number of halogens is 1. The van der Waals surface area contributed by atoms with E-state index in [0.717, 1.165) is 56.7 Å². The maximum Gasteiger partial charge on any atom is 0.193 e. The number of aliphatic imine (C=N–C) groups is 1. The number of rotatable bonds is 6. The van der Waals surface area contributed by atoms with Crippen molar-refractivity contribution >= 4 is 29.9 Å². The lowest BCUT2D eigenvalue weighted by Crippen LogP contribution is -2.41. The van der Waals surface area contributed by atoms with Gasteiger partial charge < -0.3 is 19.5 Å². The van der Waals surface area contributed by atoms with Crippen LogP contribution in [0.25, 0.3) is 0 Å². The molecule has 1 aromatic rings. The zero-order valence-electron chi connectivity index (χ0n) is 14.6. The van der Waals surface area contributed by atoms with Gasteiger partial charge in [-0.2, -0.15) is 0 Å². The largest absolute Gasteiger partial charge is 0.381 e. The van der Waals surface area contributed by atoms with Crippen LogP contribution < -0.4 is 5.32 Å². The van der Waals surface area contributed by atoms with Crippen molar-refractivity contribution in [2.75, 3.05) is 39.9 Å². The highest BCUT2D eigenvalue weighted by atomic mass is 127. The third kappa shape index (κ3) is 5.63. The summed E-state index contributed by atoms with van der Waals surface area (Å²) in [7, 11) is 1.84. The molecule has 0 aromatic carbocycles. The van der Waals surface area contributed by atoms with Gasteiger partial charge in [0.05, 0.1) is 12.3 Å². The first kappa shape index (κ1) is 20.2. The Hall–Kier alpha value is -0.830. The minimum absolute atomic E-state index is 0. The molecule has 1 aliphatic rings. The quantitative estimate of drug-likeness (QED) is 0.422. The molecule has 0 aliphatic carbocycles. The summed E-state index contributed by atoms with van der Waals surface area (Å²) in [5.74, 6) is 2.50. The highest BCUT2D eigenvalue weighted by Crippen LogP contribution is 2.17. The Labute approximate surface area is 156 Å². The molecule has 2 rings (SSSR count). The molecule has 1 atom stereocenters. The third-order valence-electron chi connectivity index (χ3n) is 4.19. The van der Waals surface area contributed by atoms with E-state index in [1.807, 2.05) is 27.8 Å². The summed E-state index contributed by atoms with van der Waals surface area (Å²) in [6, 6.07) is 0. The highest BCUT2D eigenvalue weighted by Gasteiger charge is 2.24. The van der Waals surface area contributed by atoms with Gasteiger partial charge in [0, 0.05) is 44.8 Å². The number of nitrogens with zero attached hydrogens (tertiary/aromatic N) is 3. The van der Waals surface area contributed by atoms with Crippen LogP contribution in [-0.4, -0.2) is 55.9 Å². The summed E-state index contributed by atoms with van der Waals surface area (Å²) in [4.78, 5) is 6.72. The van der Waals surface area contributed by atoms with E-state index in [2.05, 4.69) is 20.4 Å². The highest BCUT2D eigenvalue weighted by molar-refractivity contribution is 14.0. The van der Waals surface area contributed by atoms with Gasteiger partial charge in [0.2, 0.25) is 0 Å². The zero-order chi connectivity index (χ0) is 15.9. The molecule has 1 unspecified atom stereocenters. The van der Waals surface area contributed by atoms with Gasteiger partial charge >= 0.3 is 0 Å². The smallest absolute Gasteiger partial charge is 0.193 e. The molecule has 6 nitrogen and oxygen atoms in total. The van der Waals surface area contributed by atoms with Gasteiger partial charge in [-0.25, -0.2) is 0 Å². The maximum absolute atomic E-state index is 5.53. The molecule has 0 bridgehead atoms. The van der Waals surface area contributed by atoms with E-state index in [1.54, 1.807) is 0 Å². The average Bonchev–Trinajstić information content (AvgIpc) is 3.10. The van der Waals surface area contributed by atoms with E-state index in [9.17, 15) is 0 Å². The molecule has 0 radical (unpaired) electrons. The molecule has 1 saturated heterocycles. The lowest BCUT2D eigenvalue weighted by molar-refractivity contribution is 0.114. The van der Waals surface area contributed by atoms with Crippen molar-refractivity contribution in [3.05, 3.63) is 17.0 Å². The van der Waals surface area contributed by atoms with Crippen molar-refractivity contribution < 1.29 is 9.26 Å². The van der Waals surface area contributed by atoms with Gasteiger partial charge in [0.1, 0.15) is 5.76 Å². The summed E-state index contributed by atoms with van der Waals surface area (Å²) in [6.07, 6.45) is 2.07. The van der Waals surface area contributed by atoms with Gasteiger partial charge in [0.15, 0.2) is 5.96 Å². The summed E-state index contributed by atoms with van der Waals surface area (Å²) in [5.41, 5.74) is 2.17.